The number of carbonyl (C=O) groups is 1. The number of para-hydroxylation sites is 1. The molecule has 0 atom stereocenters. The number of hydrogen-bond donors (Lipinski definition) is 0. The zero-order valence-electron chi connectivity index (χ0n) is 14.1. The second-order valence-corrected chi connectivity index (χ2v) is 5.38. The van der Waals surface area contributed by atoms with E-state index in [1.54, 1.807) is 36.4 Å². The van der Waals surface area contributed by atoms with Crippen molar-refractivity contribution in [1.29, 1.82) is 0 Å². The number of ether oxygens (including phenoxy) is 3. The van der Waals surface area contributed by atoms with Crippen molar-refractivity contribution in [1.82, 2.24) is 0 Å². The van der Waals surface area contributed by atoms with Crippen molar-refractivity contribution in [3.63, 3.8) is 0 Å². The van der Waals surface area contributed by atoms with Crippen LogP contribution in [0.25, 0.3) is 11.8 Å². The van der Waals surface area contributed by atoms with E-state index in [0.717, 1.165) is 0 Å². The Morgan fingerprint density at radius 3 is 2.58 bits per heavy atom. The fourth-order valence-electron chi connectivity index (χ4n) is 2.57. The molecule has 0 saturated heterocycles. The van der Waals surface area contributed by atoms with Crippen molar-refractivity contribution in [2.75, 3.05) is 14.2 Å². The summed E-state index contributed by atoms with van der Waals surface area (Å²) in [4.78, 5) is 22.8. The summed E-state index contributed by atoms with van der Waals surface area (Å²) >= 11 is 0. The highest BCUT2D eigenvalue weighted by Gasteiger charge is 2.25. The van der Waals surface area contributed by atoms with Crippen LogP contribution in [-0.4, -0.2) is 25.1 Å². The van der Waals surface area contributed by atoms with Gasteiger partial charge in [0.25, 0.3) is 5.69 Å². The van der Waals surface area contributed by atoms with E-state index < -0.39 is 10.9 Å². The molecule has 0 N–H and O–H groups in total. The van der Waals surface area contributed by atoms with E-state index >= 15 is 0 Å². The quantitative estimate of drug-likeness (QED) is 0.353. The molecule has 7 heteroatoms. The van der Waals surface area contributed by atoms with Crippen molar-refractivity contribution in [3.05, 3.63) is 75.4 Å². The van der Waals surface area contributed by atoms with Crippen molar-refractivity contribution >= 4 is 23.5 Å². The molecule has 0 radical (unpaired) electrons. The van der Waals surface area contributed by atoms with Gasteiger partial charge in [-0.3, -0.25) is 10.1 Å². The number of methoxy groups -OCH3 is 2. The number of rotatable bonds is 5. The van der Waals surface area contributed by atoms with Crippen molar-refractivity contribution in [2.45, 2.75) is 0 Å². The van der Waals surface area contributed by atoms with Gasteiger partial charge in [0.1, 0.15) is 17.3 Å². The molecule has 0 spiro atoms. The van der Waals surface area contributed by atoms with Gasteiger partial charge in [-0.05, 0) is 30.4 Å². The number of carbonyl (C=O) groups excluding carboxylic acids is 1. The minimum Gasteiger partial charge on any atom is -0.497 e. The lowest BCUT2D eigenvalue weighted by Crippen LogP contribution is -1.99. The molecule has 1 aliphatic rings. The van der Waals surface area contributed by atoms with Gasteiger partial charge < -0.3 is 14.2 Å². The van der Waals surface area contributed by atoms with Crippen LogP contribution in [0.15, 0.2) is 54.1 Å². The first-order valence-electron chi connectivity index (χ1n) is 7.65. The van der Waals surface area contributed by atoms with E-state index in [-0.39, 0.29) is 11.3 Å². The highest BCUT2D eigenvalue weighted by atomic mass is 16.6. The number of hydrogen-bond acceptors (Lipinski definition) is 6. The summed E-state index contributed by atoms with van der Waals surface area (Å²) in [6.45, 7) is 0. The lowest BCUT2D eigenvalue weighted by molar-refractivity contribution is -0.385. The van der Waals surface area contributed by atoms with Crippen LogP contribution < -0.4 is 9.47 Å². The smallest absolute Gasteiger partial charge is 0.343 e. The monoisotopic (exact) mass is 353 g/mol. The maximum Gasteiger partial charge on any atom is 0.343 e. The maximum absolute atomic E-state index is 12.2. The minimum absolute atomic E-state index is 0.0864. The fourth-order valence-corrected chi connectivity index (χ4v) is 2.57. The van der Waals surface area contributed by atoms with E-state index in [0.29, 0.717) is 28.4 Å². The summed E-state index contributed by atoms with van der Waals surface area (Å²) in [7, 11) is 3.04. The molecule has 0 aromatic heterocycles. The van der Waals surface area contributed by atoms with Crippen LogP contribution in [0.4, 0.5) is 5.69 Å². The van der Waals surface area contributed by atoms with Crippen molar-refractivity contribution in [2.24, 2.45) is 0 Å². The zero-order chi connectivity index (χ0) is 18.7. The Kier molecular flexibility index (Phi) is 4.70. The van der Waals surface area contributed by atoms with Gasteiger partial charge in [0, 0.05) is 12.1 Å². The molecule has 0 bridgehead atoms. The van der Waals surface area contributed by atoms with E-state index in [1.807, 2.05) is 0 Å². The number of esters is 1. The van der Waals surface area contributed by atoms with E-state index in [2.05, 4.69) is 0 Å². The average molecular weight is 353 g/mol. The van der Waals surface area contributed by atoms with Gasteiger partial charge in [0.15, 0.2) is 0 Å². The normalized spacial score (nSPS) is 14.8. The maximum atomic E-state index is 12.2. The van der Waals surface area contributed by atoms with Gasteiger partial charge >= 0.3 is 5.97 Å². The fraction of sp³-hybridized carbons (Fsp3) is 0.105. The van der Waals surface area contributed by atoms with E-state index in [9.17, 15) is 14.9 Å². The SMILES string of the molecule is COc1ccc(C2=C/C(=C/c3ccccc3[N+](=O)[O-])C(=O)O2)c(OC)c1. The van der Waals surface area contributed by atoms with E-state index in [1.165, 1.54) is 32.4 Å². The first-order valence-corrected chi connectivity index (χ1v) is 7.65. The topological polar surface area (TPSA) is 87.9 Å². The third kappa shape index (κ3) is 3.27. The van der Waals surface area contributed by atoms with Gasteiger partial charge in [-0.1, -0.05) is 12.1 Å². The second-order valence-electron chi connectivity index (χ2n) is 5.38. The largest absolute Gasteiger partial charge is 0.497 e. The minimum atomic E-state index is -0.587. The van der Waals surface area contributed by atoms with Gasteiger partial charge in [-0.2, -0.15) is 0 Å². The summed E-state index contributed by atoms with van der Waals surface area (Å²) in [6, 6.07) is 11.3. The Morgan fingerprint density at radius 1 is 1.12 bits per heavy atom. The Labute approximate surface area is 149 Å². The molecule has 0 unspecified atom stereocenters. The Morgan fingerprint density at radius 2 is 1.88 bits per heavy atom. The summed E-state index contributed by atoms with van der Waals surface area (Å²) in [5.74, 6) is 0.803. The number of nitro groups is 1. The number of cyclic esters (lactones) is 1. The van der Waals surface area contributed by atoms with Crippen LogP contribution in [0, 0.1) is 10.1 Å². The molecule has 7 nitrogen and oxygen atoms in total. The first kappa shape index (κ1) is 17.2. The highest BCUT2D eigenvalue weighted by Crippen LogP contribution is 2.35. The van der Waals surface area contributed by atoms with Crippen LogP contribution in [0.5, 0.6) is 11.5 Å². The Hall–Kier alpha value is -3.61. The molecular weight excluding hydrogens is 338 g/mol. The summed E-state index contributed by atoms with van der Waals surface area (Å²) in [5.41, 5.74) is 1.03. The molecule has 26 heavy (non-hydrogen) atoms. The van der Waals surface area contributed by atoms with Gasteiger partial charge in [-0.25, -0.2) is 4.79 Å². The van der Waals surface area contributed by atoms with Gasteiger partial charge in [-0.15, -0.1) is 0 Å². The van der Waals surface area contributed by atoms with Crippen LogP contribution >= 0.6 is 0 Å². The van der Waals surface area contributed by atoms with Crippen LogP contribution in [-0.2, 0) is 9.53 Å². The Bertz CT molecular complexity index is 945. The molecule has 1 heterocycles. The van der Waals surface area contributed by atoms with Crippen molar-refractivity contribution in [3.8, 4) is 11.5 Å². The summed E-state index contributed by atoms with van der Waals surface area (Å²) in [5, 5.41) is 11.1. The molecular formula is C19H15NO6. The van der Waals surface area contributed by atoms with Gasteiger partial charge in [0.2, 0.25) is 0 Å². The Balaban J connectivity index is 2.02. The molecule has 2 aromatic carbocycles. The molecule has 2 aromatic rings. The van der Waals surface area contributed by atoms with Crippen LogP contribution in [0.3, 0.4) is 0 Å². The van der Waals surface area contributed by atoms with Crippen molar-refractivity contribution < 1.29 is 23.9 Å². The van der Waals surface area contributed by atoms with Crippen LogP contribution in [0.2, 0.25) is 0 Å². The average Bonchev–Trinajstić information content (AvgIpc) is 3.01. The highest BCUT2D eigenvalue weighted by molar-refractivity contribution is 6.05. The van der Waals surface area contributed by atoms with Crippen LogP contribution in [0.1, 0.15) is 11.1 Å². The predicted molar refractivity (Wildman–Crippen MR) is 94.7 cm³/mol. The van der Waals surface area contributed by atoms with E-state index in [4.69, 9.17) is 14.2 Å². The summed E-state index contributed by atoms with van der Waals surface area (Å²) in [6.07, 6.45) is 2.97. The lowest BCUT2D eigenvalue weighted by Gasteiger charge is -2.10. The molecule has 0 fully saturated rings. The number of benzene rings is 2. The predicted octanol–water partition coefficient (Wildman–Crippen LogP) is 3.59. The third-order valence-corrected chi connectivity index (χ3v) is 3.84. The van der Waals surface area contributed by atoms with Gasteiger partial charge in [0.05, 0.1) is 35.8 Å². The first-order chi connectivity index (χ1) is 12.5. The molecule has 132 valence electrons. The molecule has 0 aliphatic carbocycles. The molecule has 3 rings (SSSR count). The second kappa shape index (κ2) is 7.10. The number of nitrogens with zero attached hydrogens (tertiary/aromatic N) is 1. The standard InChI is InChI=1S/C19H15NO6/c1-24-14-7-8-15(17(11-14)25-2)18-10-13(19(21)26-18)9-12-5-3-4-6-16(12)20(22)23/h3-11H,1-2H3/b13-9-. The molecule has 0 amide bonds. The molecule has 0 saturated carbocycles. The zero-order valence-corrected chi connectivity index (χ0v) is 14.1. The molecule has 1 aliphatic heterocycles. The summed E-state index contributed by atoms with van der Waals surface area (Å²) < 4.78 is 15.8. The lowest BCUT2D eigenvalue weighted by atomic mass is 10.1. The number of nitro benzene ring substituents is 1. The third-order valence-electron chi connectivity index (χ3n) is 3.84.